The monoisotopic (exact) mass is 289 g/mol. The first-order chi connectivity index (χ1) is 10.0. The summed E-state index contributed by atoms with van der Waals surface area (Å²) >= 11 is 0. The van der Waals surface area contributed by atoms with Gasteiger partial charge in [0.05, 0.1) is 11.5 Å². The van der Waals surface area contributed by atoms with E-state index >= 15 is 0 Å². The number of hydrogen-bond acceptors (Lipinski definition) is 5. The highest BCUT2D eigenvalue weighted by Gasteiger charge is 2.21. The van der Waals surface area contributed by atoms with Gasteiger partial charge in [-0.05, 0) is 31.9 Å². The van der Waals surface area contributed by atoms with Gasteiger partial charge in [-0.3, -0.25) is 14.8 Å². The van der Waals surface area contributed by atoms with Crippen LogP contribution in [0.2, 0.25) is 0 Å². The summed E-state index contributed by atoms with van der Waals surface area (Å²) in [6, 6.07) is 3.86. The van der Waals surface area contributed by atoms with Crippen LogP contribution in [0.25, 0.3) is 0 Å². The molecule has 112 valence electrons. The van der Waals surface area contributed by atoms with E-state index in [1.807, 2.05) is 12.1 Å². The average Bonchev–Trinajstić information content (AvgIpc) is 2.72. The van der Waals surface area contributed by atoms with E-state index in [9.17, 15) is 10.1 Å². The quantitative estimate of drug-likeness (QED) is 0.652. The van der Waals surface area contributed by atoms with E-state index in [-0.39, 0.29) is 10.6 Å². The molecule has 0 amide bonds. The lowest BCUT2D eigenvalue weighted by Crippen LogP contribution is -2.06. The van der Waals surface area contributed by atoms with Gasteiger partial charge >= 0.3 is 5.69 Å². The summed E-state index contributed by atoms with van der Waals surface area (Å²) in [5.74, 6) is 0.833. The van der Waals surface area contributed by atoms with Gasteiger partial charge < -0.3 is 5.32 Å². The first kappa shape index (κ1) is 15.0. The van der Waals surface area contributed by atoms with Gasteiger partial charge in [-0.2, -0.15) is 5.10 Å². The van der Waals surface area contributed by atoms with Gasteiger partial charge in [0.25, 0.3) is 0 Å². The van der Waals surface area contributed by atoms with E-state index in [0.29, 0.717) is 17.9 Å². The van der Waals surface area contributed by atoms with Gasteiger partial charge in [0, 0.05) is 12.7 Å². The molecule has 7 nitrogen and oxygen atoms in total. The maximum absolute atomic E-state index is 11.0. The predicted molar refractivity (Wildman–Crippen MR) is 80.5 cm³/mol. The molecular formula is C14H19N5O2. The summed E-state index contributed by atoms with van der Waals surface area (Å²) in [6.07, 6.45) is 2.80. The van der Waals surface area contributed by atoms with E-state index < -0.39 is 0 Å². The van der Waals surface area contributed by atoms with Crippen molar-refractivity contribution in [2.45, 2.75) is 33.7 Å². The second-order valence-electron chi connectivity index (χ2n) is 4.91. The fourth-order valence-electron chi connectivity index (χ4n) is 2.15. The van der Waals surface area contributed by atoms with E-state index in [1.165, 1.54) is 0 Å². The molecule has 1 N–H and O–H groups in total. The van der Waals surface area contributed by atoms with Crippen molar-refractivity contribution in [3.05, 3.63) is 45.4 Å². The molecular weight excluding hydrogens is 270 g/mol. The Bertz CT molecular complexity index is 634. The molecule has 0 aromatic carbocycles. The van der Waals surface area contributed by atoms with Crippen LogP contribution in [0.15, 0.2) is 18.3 Å². The van der Waals surface area contributed by atoms with Crippen molar-refractivity contribution in [2.24, 2.45) is 0 Å². The molecule has 21 heavy (non-hydrogen) atoms. The summed E-state index contributed by atoms with van der Waals surface area (Å²) in [7, 11) is 0. The minimum absolute atomic E-state index is 0.0872. The van der Waals surface area contributed by atoms with Gasteiger partial charge in [0.15, 0.2) is 0 Å². The molecule has 0 spiro atoms. The van der Waals surface area contributed by atoms with Crippen LogP contribution in [-0.2, 0) is 6.54 Å². The highest BCUT2D eigenvalue weighted by Crippen LogP contribution is 2.22. The Morgan fingerprint density at radius 3 is 2.67 bits per heavy atom. The maximum Gasteiger partial charge on any atom is 0.312 e. The van der Waals surface area contributed by atoms with E-state index in [4.69, 9.17) is 0 Å². The number of nitro groups is 1. The second kappa shape index (κ2) is 6.34. The summed E-state index contributed by atoms with van der Waals surface area (Å²) in [6.45, 7) is 6.81. The predicted octanol–water partition coefficient (Wildman–Crippen LogP) is 2.67. The molecule has 0 unspecified atom stereocenters. The smallest absolute Gasteiger partial charge is 0.312 e. The van der Waals surface area contributed by atoms with Crippen LogP contribution in [0.4, 0.5) is 11.5 Å². The second-order valence-corrected chi connectivity index (χ2v) is 4.91. The van der Waals surface area contributed by atoms with Crippen LogP contribution in [0.5, 0.6) is 0 Å². The third kappa shape index (κ3) is 3.36. The van der Waals surface area contributed by atoms with Crippen molar-refractivity contribution >= 4 is 11.5 Å². The van der Waals surface area contributed by atoms with Crippen molar-refractivity contribution in [3.63, 3.8) is 0 Å². The van der Waals surface area contributed by atoms with Gasteiger partial charge in [-0.1, -0.05) is 13.0 Å². The zero-order valence-corrected chi connectivity index (χ0v) is 12.5. The van der Waals surface area contributed by atoms with Crippen molar-refractivity contribution in [3.8, 4) is 0 Å². The molecule has 2 heterocycles. The molecule has 0 saturated heterocycles. The standard InChI is InChI=1S/C14H19N5O2/c1-4-7-15-13-6-5-12(8-16-13)9-18-11(3)14(19(20)21)10(2)17-18/h5-6,8H,4,7,9H2,1-3H3,(H,15,16). The Hall–Kier alpha value is -2.44. The highest BCUT2D eigenvalue weighted by atomic mass is 16.6. The average molecular weight is 289 g/mol. The molecule has 2 rings (SSSR count). The normalized spacial score (nSPS) is 10.6. The van der Waals surface area contributed by atoms with Crippen molar-refractivity contribution in [1.29, 1.82) is 0 Å². The first-order valence-corrected chi connectivity index (χ1v) is 6.90. The van der Waals surface area contributed by atoms with Crippen LogP contribution in [0.1, 0.15) is 30.3 Å². The molecule has 0 radical (unpaired) electrons. The Balaban J connectivity index is 2.15. The molecule has 0 saturated carbocycles. The van der Waals surface area contributed by atoms with E-state index in [0.717, 1.165) is 24.3 Å². The number of nitrogens with zero attached hydrogens (tertiary/aromatic N) is 4. The number of anilines is 1. The Labute approximate surface area is 123 Å². The molecule has 2 aromatic rings. The SMILES string of the molecule is CCCNc1ccc(Cn2nc(C)c([N+](=O)[O-])c2C)cn1. The lowest BCUT2D eigenvalue weighted by atomic mass is 10.2. The van der Waals surface area contributed by atoms with Gasteiger partial charge in [-0.25, -0.2) is 4.98 Å². The summed E-state index contributed by atoms with van der Waals surface area (Å²) in [5.41, 5.74) is 2.04. The zero-order chi connectivity index (χ0) is 15.4. The van der Waals surface area contributed by atoms with Crippen LogP contribution >= 0.6 is 0 Å². The van der Waals surface area contributed by atoms with Gasteiger partial charge in [-0.15, -0.1) is 0 Å². The number of rotatable bonds is 6. The Morgan fingerprint density at radius 2 is 2.14 bits per heavy atom. The fourth-order valence-corrected chi connectivity index (χ4v) is 2.15. The largest absolute Gasteiger partial charge is 0.370 e. The third-order valence-electron chi connectivity index (χ3n) is 3.24. The molecule has 0 aliphatic rings. The zero-order valence-electron chi connectivity index (χ0n) is 12.5. The van der Waals surface area contributed by atoms with Crippen LogP contribution in [0.3, 0.4) is 0 Å². The third-order valence-corrected chi connectivity index (χ3v) is 3.24. The van der Waals surface area contributed by atoms with Crippen molar-refractivity contribution in [2.75, 3.05) is 11.9 Å². The number of pyridine rings is 1. The lowest BCUT2D eigenvalue weighted by Gasteiger charge is -2.06. The lowest BCUT2D eigenvalue weighted by molar-refractivity contribution is -0.386. The first-order valence-electron chi connectivity index (χ1n) is 6.90. The van der Waals surface area contributed by atoms with Crippen LogP contribution < -0.4 is 5.32 Å². The van der Waals surface area contributed by atoms with Crippen LogP contribution in [-0.4, -0.2) is 26.2 Å². The van der Waals surface area contributed by atoms with Crippen LogP contribution in [0, 0.1) is 24.0 Å². The molecule has 0 aliphatic carbocycles. The number of nitrogens with one attached hydrogen (secondary N) is 1. The van der Waals surface area contributed by atoms with E-state index in [2.05, 4.69) is 22.3 Å². The summed E-state index contributed by atoms with van der Waals surface area (Å²) in [4.78, 5) is 14.9. The maximum atomic E-state index is 11.0. The Kier molecular flexibility index (Phi) is 4.52. The van der Waals surface area contributed by atoms with Crippen molar-refractivity contribution < 1.29 is 4.92 Å². The van der Waals surface area contributed by atoms with E-state index in [1.54, 1.807) is 24.7 Å². The molecule has 7 heteroatoms. The molecule has 0 bridgehead atoms. The molecule has 0 aliphatic heterocycles. The minimum Gasteiger partial charge on any atom is -0.370 e. The molecule has 2 aromatic heterocycles. The fraction of sp³-hybridized carbons (Fsp3) is 0.429. The summed E-state index contributed by atoms with van der Waals surface area (Å²) in [5, 5.41) is 18.4. The Morgan fingerprint density at radius 1 is 1.38 bits per heavy atom. The number of aromatic nitrogens is 3. The molecule has 0 fully saturated rings. The molecule has 0 atom stereocenters. The van der Waals surface area contributed by atoms with Crippen molar-refractivity contribution in [1.82, 2.24) is 14.8 Å². The number of hydrogen-bond donors (Lipinski definition) is 1. The van der Waals surface area contributed by atoms with Gasteiger partial charge in [0.1, 0.15) is 17.2 Å². The minimum atomic E-state index is -0.385. The summed E-state index contributed by atoms with van der Waals surface area (Å²) < 4.78 is 1.64. The highest BCUT2D eigenvalue weighted by molar-refractivity contribution is 5.40. The number of aryl methyl sites for hydroxylation is 1. The topological polar surface area (TPSA) is 85.9 Å². The van der Waals surface area contributed by atoms with Gasteiger partial charge in [0.2, 0.25) is 0 Å².